The Morgan fingerprint density at radius 2 is 1.54 bits per heavy atom. The van der Waals surface area contributed by atoms with Crippen LogP contribution >= 0.6 is 11.6 Å². The first-order valence-electron chi connectivity index (χ1n) is 12.8. The van der Waals surface area contributed by atoms with Crippen molar-refractivity contribution in [1.29, 1.82) is 0 Å². The molecule has 4 rings (SSSR count). The van der Waals surface area contributed by atoms with Gasteiger partial charge in [-0.1, -0.05) is 41.9 Å². The second-order valence-electron chi connectivity index (χ2n) is 10.4. The van der Waals surface area contributed by atoms with Gasteiger partial charge >= 0.3 is 12.2 Å². The number of amides is 2. The number of carbonyl (C=O) groups is 2. The fraction of sp³-hybridized carbons (Fsp3) is 0.500. The lowest BCUT2D eigenvalue weighted by Crippen LogP contribution is -2.50. The molecule has 0 saturated carbocycles. The predicted octanol–water partition coefficient (Wildman–Crippen LogP) is 5.58. The van der Waals surface area contributed by atoms with Crippen molar-refractivity contribution in [2.24, 2.45) is 0 Å². The topological polar surface area (TPSA) is 71.6 Å². The van der Waals surface area contributed by atoms with Crippen LogP contribution in [0.15, 0.2) is 48.5 Å². The Morgan fingerprint density at radius 3 is 2.19 bits per heavy atom. The zero-order chi connectivity index (χ0) is 26.4. The Labute approximate surface area is 224 Å². The van der Waals surface area contributed by atoms with E-state index in [1.54, 1.807) is 9.80 Å². The van der Waals surface area contributed by atoms with Crippen LogP contribution in [-0.4, -0.2) is 73.0 Å². The molecule has 8 nitrogen and oxygen atoms in total. The molecule has 0 atom stereocenters. The number of piperazine rings is 1. The number of halogens is 1. The van der Waals surface area contributed by atoms with Crippen molar-refractivity contribution in [2.75, 3.05) is 44.2 Å². The fourth-order valence-electron chi connectivity index (χ4n) is 4.43. The van der Waals surface area contributed by atoms with Crippen molar-refractivity contribution in [3.63, 3.8) is 0 Å². The Morgan fingerprint density at radius 1 is 0.892 bits per heavy atom. The first-order chi connectivity index (χ1) is 17.7. The lowest BCUT2D eigenvalue weighted by atomic mass is 10.1. The summed E-state index contributed by atoms with van der Waals surface area (Å²) in [6, 6.07) is 15.4. The Balaban J connectivity index is 1.25. The molecule has 2 aliphatic heterocycles. The summed E-state index contributed by atoms with van der Waals surface area (Å²) in [4.78, 5) is 30.5. The largest absolute Gasteiger partial charge is 0.490 e. The lowest BCUT2D eigenvalue weighted by molar-refractivity contribution is 0.0240. The normalized spacial score (nSPS) is 16.9. The minimum atomic E-state index is -0.508. The van der Waals surface area contributed by atoms with Gasteiger partial charge in [-0.3, -0.25) is 0 Å². The summed E-state index contributed by atoms with van der Waals surface area (Å²) in [5.74, 6) is 0.710. The van der Waals surface area contributed by atoms with E-state index in [2.05, 4.69) is 4.90 Å². The Hall–Kier alpha value is -3.13. The molecule has 0 unspecified atom stereocenters. The molecular weight excluding hydrogens is 494 g/mol. The Bertz CT molecular complexity index is 1060. The molecule has 2 fully saturated rings. The van der Waals surface area contributed by atoms with E-state index < -0.39 is 5.60 Å². The van der Waals surface area contributed by atoms with Crippen LogP contribution in [-0.2, 0) is 16.1 Å². The van der Waals surface area contributed by atoms with Crippen molar-refractivity contribution >= 4 is 29.5 Å². The number of hydrogen-bond donors (Lipinski definition) is 0. The van der Waals surface area contributed by atoms with Gasteiger partial charge in [0.15, 0.2) is 0 Å². The number of carbonyl (C=O) groups excluding carboxylic acids is 2. The predicted molar refractivity (Wildman–Crippen MR) is 143 cm³/mol. The molecule has 0 radical (unpaired) electrons. The van der Waals surface area contributed by atoms with E-state index >= 15 is 0 Å². The molecule has 2 aromatic carbocycles. The summed E-state index contributed by atoms with van der Waals surface area (Å²) in [6.45, 7) is 9.57. The molecular formula is C28H36ClN3O5. The highest BCUT2D eigenvalue weighted by Crippen LogP contribution is 2.30. The van der Waals surface area contributed by atoms with Gasteiger partial charge in [0, 0.05) is 68.9 Å². The first-order valence-corrected chi connectivity index (χ1v) is 13.2. The third-order valence-corrected chi connectivity index (χ3v) is 6.58. The van der Waals surface area contributed by atoms with Crippen LogP contribution in [0, 0.1) is 0 Å². The van der Waals surface area contributed by atoms with E-state index in [4.69, 9.17) is 25.8 Å². The zero-order valence-electron chi connectivity index (χ0n) is 21.8. The maximum absolute atomic E-state index is 12.4. The molecule has 200 valence electrons. The van der Waals surface area contributed by atoms with Crippen LogP contribution < -0.4 is 9.64 Å². The van der Waals surface area contributed by atoms with Crippen LogP contribution in [0.25, 0.3) is 0 Å². The number of ether oxygens (including phenoxy) is 3. The van der Waals surface area contributed by atoms with Gasteiger partial charge in [-0.2, -0.15) is 0 Å². The van der Waals surface area contributed by atoms with Crippen LogP contribution in [0.5, 0.6) is 5.75 Å². The average Bonchev–Trinajstić information content (AvgIpc) is 2.87. The standard InChI is InChI=1S/C28H36ClN3O5/c1-28(2,3)37-27(34)32-15-13-30(14-16-32)23-17-22(29)18-25(19-23)36-24-9-11-31(12-10-24)26(33)35-20-21-7-5-4-6-8-21/h4-8,17-19,24H,9-16,20H2,1-3H3. The van der Waals surface area contributed by atoms with E-state index in [-0.39, 0.29) is 24.9 Å². The second kappa shape index (κ2) is 11.9. The minimum absolute atomic E-state index is 0.00601. The summed E-state index contributed by atoms with van der Waals surface area (Å²) < 4.78 is 17.2. The van der Waals surface area contributed by atoms with Crippen LogP contribution in [0.3, 0.4) is 0 Å². The molecule has 0 spiro atoms. The number of benzene rings is 2. The highest BCUT2D eigenvalue weighted by molar-refractivity contribution is 6.31. The molecule has 0 aromatic heterocycles. The summed E-state index contributed by atoms with van der Waals surface area (Å²) in [5, 5.41) is 0.601. The molecule has 0 N–H and O–H groups in total. The number of rotatable bonds is 5. The quantitative estimate of drug-likeness (QED) is 0.503. The van der Waals surface area contributed by atoms with Crippen LogP contribution in [0.1, 0.15) is 39.2 Å². The van der Waals surface area contributed by atoms with Gasteiger partial charge in [0.25, 0.3) is 0 Å². The third kappa shape index (κ3) is 7.92. The SMILES string of the molecule is CC(C)(C)OC(=O)N1CCN(c2cc(Cl)cc(OC3CCN(C(=O)OCc4ccccc4)CC3)c2)CC1. The highest BCUT2D eigenvalue weighted by Gasteiger charge is 2.27. The highest BCUT2D eigenvalue weighted by atomic mass is 35.5. The number of likely N-dealkylation sites (tertiary alicyclic amines) is 1. The average molecular weight is 530 g/mol. The molecule has 9 heteroatoms. The van der Waals surface area contributed by atoms with Crippen molar-refractivity contribution in [3.05, 3.63) is 59.1 Å². The lowest BCUT2D eigenvalue weighted by Gasteiger charge is -2.37. The van der Waals surface area contributed by atoms with Crippen molar-refractivity contribution in [1.82, 2.24) is 9.80 Å². The Kier molecular flexibility index (Phi) is 8.69. The van der Waals surface area contributed by atoms with Crippen molar-refractivity contribution < 1.29 is 23.8 Å². The third-order valence-electron chi connectivity index (χ3n) is 6.36. The van der Waals surface area contributed by atoms with E-state index in [0.29, 0.717) is 50.0 Å². The van der Waals surface area contributed by atoms with Gasteiger partial charge in [0.05, 0.1) is 0 Å². The van der Waals surface area contributed by atoms with Gasteiger partial charge in [-0.05, 0) is 38.5 Å². The van der Waals surface area contributed by atoms with Crippen molar-refractivity contribution in [2.45, 2.75) is 51.9 Å². The summed E-state index contributed by atoms with van der Waals surface area (Å²) in [6.07, 6.45) is 0.858. The smallest absolute Gasteiger partial charge is 0.410 e. The first kappa shape index (κ1) is 26.9. The van der Waals surface area contributed by atoms with Crippen LogP contribution in [0.4, 0.5) is 15.3 Å². The number of nitrogens with zero attached hydrogens (tertiary/aromatic N) is 3. The maximum Gasteiger partial charge on any atom is 0.410 e. The van der Waals surface area contributed by atoms with Gasteiger partial charge in [0.2, 0.25) is 0 Å². The molecule has 2 heterocycles. The van der Waals surface area contributed by atoms with Crippen molar-refractivity contribution in [3.8, 4) is 5.75 Å². The monoisotopic (exact) mass is 529 g/mol. The summed E-state index contributed by atoms with van der Waals surface area (Å²) in [5.41, 5.74) is 1.43. The maximum atomic E-state index is 12.4. The van der Waals surface area contributed by atoms with Gasteiger partial charge in [-0.25, -0.2) is 9.59 Å². The summed E-state index contributed by atoms with van der Waals surface area (Å²) in [7, 11) is 0. The van der Waals surface area contributed by atoms with Gasteiger partial charge < -0.3 is 28.9 Å². The van der Waals surface area contributed by atoms with E-state index in [1.807, 2.05) is 69.3 Å². The second-order valence-corrected chi connectivity index (χ2v) is 10.9. The summed E-state index contributed by atoms with van der Waals surface area (Å²) >= 11 is 6.43. The minimum Gasteiger partial charge on any atom is -0.490 e. The molecule has 2 aliphatic rings. The fourth-order valence-corrected chi connectivity index (χ4v) is 4.65. The molecule has 0 aliphatic carbocycles. The van der Waals surface area contributed by atoms with E-state index in [1.165, 1.54) is 0 Å². The molecule has 2 saturated heterocycles. The van der Waals surface area contributed by atoms with Gasteiger partial charge in [-0.15, -0.1) is 0 Å². The zero-order valence-corrected chi connectivity index (χ0v) is 22.6. The van der Waals surface area contributed by atoms with Gasteiger partial charge in [0.1, 0.15) is 24.1 Å². The van der Waals surface area contributed by atoms with E-state index in [0.717, 1.165) is 24.1 Å². The number of anilines is 1. The molecule has 2 amide bonds. The molecule has 2 aromatic rings. The number of piperidine rings is 1. The van der Waals surface area contributed by atoms with E-state index in [9.17, 15) is 9.59 Å². The molecule has 37 heavy (non-hydrogen) atoms. The number of hydrogen-bond acceptors (Lipinski definition) is 6. The molecule has 0 bridgehead atoms. The van der Waals surface area contributed by atoms with Crippen LogP contribution in [0.2, 0.25) is 5.02 Å².